The highest BCUT2D eigenvalue weighted by molar-refractivity contribution is 5.94. The lowest BCUT2D eigenvalue weighted by molar-refractivity contribution is -0.124. The highest BCUT2D eigenvalue weighted by Crippen LogP contribution is 2.58. The Hall–Kier alpha value is -3.55. The molecule has 4 aliphatic carbocycles. The molecule has 0 aliphatic heterocycles. The molecule has 3 aromatic rings. The van der Waals surface area contributed by atoms with E-state index in [9.17, 15) is 9.59 Å². The lowest BCUT2D eigenvalue weighted by Crippen LogP contribution is -2.52. The SMILES string of the molecule is COc1ccc(C23CCC(CN(C(=O)C4CCC(CC(C)=O)CC4)c4cc(-c5nc(C(C)C)no5)ccn4)(CC2)CC3)cc1C. The second-order valence-electron chi connectivity index (χ2n) is 14.5. The van der Waals surface area contributed by atoms with E-state index in [2.05, 4.69) is 35.3 Å². The van der Waals surface area contributed by atoms with Crippen LogP contribution in [0.25, 0.3) is 11.5 Å². The molecular formula is C37H48N4O4. The molecule has 4 fully saturated rings. The lowest BCUT2D eigenvalue weighted by Gasteiger charge is -2.55. The third-order valence-electron chi connectivity index (χ3n) is 11.2. The molecule has 0 spiro atoms. The maximum atomic E-state index is 14.5. The predicted molar refractivity (Wildman–Crippen MR) is 174 cm³/mol. The molecule has 0 N–H and O–H groups in total. The molecule has 2 heterocycles. The lowest BCUT2D eigenvalue weighted by atomic mass is 9.51. The summed E-state index contributed by atoms with van der Waals surface area (Å²) in [5.74, 6) is 3.61. The second-order valence-corrected chi connectivity index (χ2v) is 14.5. The molecule has 8 nitrogen and oxygen atoms in total. The van der Waals surface area contributed by atoms with E-state index in [-0.39, 0.29) is 34.4 Å². The zero-order valence-corrected chi connectivity index (χ0v) is 27.6. The molecular weight excluding hydrogens is 564 g/mol. The number of carbonyl (C=O) groups is 2. The minimum Gasteiger partial charge on any atom is -0.496 e. The van der Waals surface area contributed by atoms with Crippen LogP contribution in [0.2, 0.25) is 0 Å². The number of benzene rings is 1. The van der Waals surface area contributed by atoms with E-state index in [0.717, 1.165) is 75.5 Å². The Morgan fingerprint density at radius 2 is 1.73 bits per heavy atom. The number of methoxy groups -OCH3 is 1. The number of ketones is 1. The van der Waals surface area contributed by atoms with Crippen LogP contribution < -0.4 is 9.64 Å². The molecule has 2 bridgehead atoms. The number of aromatic nitrogens is 3. The Kier molecular flexibility index (Phi) is 8.86. The van der Waals surface area contributed by atoms with Gasteiger partial charge in [0.1, 0.15) is 17.4 Å². The van der Waals surface area contributed by atoms with Gasteiger partial charge in [0.25, 0.3) is 5.89 Å². The summed E-state index contributed by atoms with van der Waals surface area (Å²) in [5.41, 5.74) is 3.67. The largest absolute Gasteiger partial charge is 0.496 e. The van der Waals surface area contributed by atoms with Gasteiger partial charge in [0.15, 0.2) is 5.82 Å². The number of Topliss-reactive ketones (excluding diaryl/α,β-unsaturated/α-hetero) is 1. The first kappa shape index (κ1) is 31.4. The van der Waals surface area contributed by atoms with Gasteiger partial charge in [-0.05, 0) is 124 Å². The van der Waals surface area contributed by atoms with Gasteiger partial charge in [-0.25, -0.2) is 4.98 Å². The van der Waals surface area contributed by atoms with Crippen LogP contribution in [0.1, 0.15) is 114 Å². The maximum Gasteiger partial charge on any atom is 0.258 e. The summed E-state index contributed by atoms with van der Waals surface area (Å²) in [6, 6.07) is 10.5. The summed E-state index contributed by atoms with van der Waals surface area (Å²) in [4.78, 5) is 37.6. The minimum atomic E-state index is -0.0560. The first-order valence-electron chi connectivity index (χ1n) is 16.9. The third kappa shape index (κ3) is 6.43. The number of aryl methyl sites for hydroxylation is 1. The molecule has 0 radical (unpaired) electrons. The van der Waals surface area contributed by atoms with Gasteiger partial charge in [0, 0.05) is 36.6 Å². The number of fused-ring (bicyclic) bond motifs is 3. The topological polar surface area (TPSA) is 98.4 Å². The summed E-state index contributed by atoms with van der Waals surface area (Å²) < 4.78 is 11.1. The van der Waals surface area contributed by atoms with E-state index in [1.807, 2.05) is 30.9 Å². The number of pyridine rings is 1. The number of carbonyl (C=O) groups excluding carboxylic acids is 2. The Morgan fingerprint density at radius 1 is 1.02 bits per heavy atom. The highest BCUT2D eigenvalue weighted by atomic mass is 16.5. The fraction of sp³-hybridized carbons (Fsp3) is 0.595. The standard InChI is InChI=1S/C37H48N4O4/c1-24(2)33-39-34(45-40-33)29-12-19-38-32(22-29)41(35(43)28-8-6-27(7-9-28)21-26(4)42)23-36-13-16-37(17-14-36,18-15-36)30-10-11-31(44-5)25(3)20-30/h10-12,19-20,22,24,27-28H,6-9,13-18,21,23H2,1-5H3. The van der Waals surface area contributed by atoms with Gasteiger partial charge in [-0.1, -0.05) is 31.1 Å². The number of amides is 1. The van der Waals surface area contributed by atoms with Crippen molar-refractivity contribution < 1.29 is 18.8 Å². The van der Waals surface area contributed by atoms with Crippen molar-refractivity contribution in [3.63, 3.8) is 0 Å². The first-order valence-corrected chi connectivity index (χ1v) is 16.9. The van der Waals surface area contributed by atoms with Crippen molar-refractivity contribution in [3.05, 3.63) is 53.5 Å². The minimum absolute atomic E-state index is 0.0560. The molecule has 7 rings (SSSR count). The van der Waals surface area contributed by atoms with Crippen molar-refractivity contribution in [2.45, 2.75) is 110 Å². The van der Waals surface area contributed by atoms with Crippen LogP contribution in [0.5, 0.6) is 5.75 Å². The van der Waals surface area contributed by atoms with Crippen LogP contribution in [0.4, 0.5) is 5.82 Å². The van der Waals surface area contributed by atoms with Crippen LogP contribution in [-0.2, 0) is 15.0 Å². The molecule has 0 saturated heterocycles. The van der Waals surface area contributed by atoms with Gasteiger partial charge >= 0.3 is 0 Å². The second kappa shape index (κ2) is 12.7. The van der Waals surface area contributed by atoms with Crippen LogP contribution >= 0.6 is 0 Å². The van der Waals surface area contributed by atoms with Crippen molar-refractivity contribution in [1.29, 1.82) is 0 Å². The van der Waals surface area contributed by atoms with Crippen molar-refractivity contribution >= 4 is 17.5 Å². The Balaban J connectivity index is 1.25. The Labute approximate surface area is 267 Å². The van der Waals surface area contributed by atoms with Crippen LogP contribution in [0.15, 0.2) is 41.1 Å². The van der Waals surface area contributed by atoms with Crippen molar-refractivity contribution in [3.8, 4) is 17.2 Å². The average molecular weight is 613 g/mol. The van der Waals surface area contributed by atoms with E-state index < -0.39 is 0 Å². The van der Waals surface area contributed by atoms with Crippen LogP contribution in [0.3, 0.4) is 0 Å². The maximum absolute atomic E-state index is 14.5. The van der Waals surface area contributed by atoms with E-state index >= 15 is 0 Å². The van der Waals surface area contributed by atoms with E-state index in [1.54, 1.807) is 20.2 Å². The van der Waals surface area contributed by atoms with Gasteiger partial charge in [0.2, 0.25) is 5.91 Å². The third-order valence-corrected chi connectivity index (χ3v) is 11.2. The molecule has 4 saturated carbocycles. The van der Waals surface area contributed by atoms with Crippen molar-refractivity contribution in [2.24, 2.45) is 17.3 Å². The van der Waals surface area contributed by atoms with Gasteiger partial charge in [-0.2, -0.15) is 4.98 Å². The summed E-state index contributed by atoms with van der Waals surface area (Å²) in [5, 5.41) is 4.15. The molecule has 0 unspecified atom stereocenters. The van der Waals surface area contributed by atoms with Crippen LogP contribution in [0, 0.1) is 24.2 Å². The Bertz CT molecular complexity index is 1510. The summed E-state index contributed by atoms with van der Waals surface area (Å²) in [6.45, 7) is 8.55. The quantitative estimate of drug-likeness (QED) is 0.229. The average Bonchev–Trinajstić information content (AvgIpc) is 3.56. The van der Waals surface area contributed by atoms with Gasteiger partial charge in [-0.15, -0.1) is 0 Å². The fourth-order valence-corrected chi connectivity index (χ4v) is 8.28. The van der Waals surface area contributed by atoms with E-state index in [4.69, 9.17) is 14.2 Å². The zero-order chi connectivity index (χ0) is 31.8. The zero-order valence-electron chi connectivity index (χ0n) is 27.6. The molecule has 8 heteroatoms. The highest BCUT2D eigenvalue weighted by Gasteiger charge is 2.51. The first-order chi connectivity index (χ1) is 21.6. The smallest absolute Gasteiger partial charge is 0.258 e. The monoisotopic (exact) mass is 612 g/mol. The predicted octanol–water partition coefficient (Wildman–Crippen LogP) is 7.98. The molecule has 1 amide bonds. The number of rotatable bonds is 10. The normalized spacial score (nSPS) is 26.2. The number of ether oxygens (including phenoxy) is 1. The number of nitrogens with zero attached hydrogens (tertiary/aromatic N) is 4. The summed E-state index contributed by atoms with van der Waals surface area (Å²) in [7, 11) is 1.73. The molecule has 1 aromatic carbocycles. The van der Waals surface area contributed by atoms with Gasteiger partial charge in [0.05, 0.1) is 7.11 Å². The van der Waals surface area contributed by atoms with E-state index in [1.165, 1.54) is 11.1 Å². The summed E-state index contributed by atoms with van der Waals surface area (Å²) >= 11 is 0. The summed E-state index contributed by atoms with van der Waals surface area (Å²) in [6.07, 6.45) is 12.5. The van der Waals surface area contributed by atoms with Crippen molar-refractivity contribution in [1.82, 2.24) is 15.1 Å². The fourth-order valence-electron chi connectivity index (χ4n) is 8.28. The molecule has 2 aromatic heterocycles. The Morgan fingerprint density at radius 3 is 2.33 bits per heavy atom. The number of hydrogen-bond donors (Lipinski definition) is 0. The van der Waals surface area contributed by atoms with Gasteiger partial charge in [-0.3, -0.25) is 9.69 Å². The number of anilines is 1. The van der Waals surface area contributed by atoms with E-state index in [0.29, 0.717) is 36.4 Å². The van der Waals surface area contributed by atoms with Gasteiger partial charge < -0.3 is 14.1 Å². The molecule has 240 valence electrons. The van der Waals surface area contributed by atoms with Crippen molar-refractivity contribution in [2.75, 3.05) is 18.6 Å². The number of hydrogen-bond acceptors (Lipinski definition) is 7. The van der Waals surface area contributed by atoms with Crippen LogP contribution in [-0.4, -0.2) is 40.5 Å². The molecule has 0 atom stereocenters. The molecule has 4 aliphatic rings. The molecule has 45 heavy (non-hydrogen) atoms.